The van der Waals surface area contributed by atoms with E-state index in [9.17, 15) is 0 Å². The molecule has 0 saturated carbocycles. The average Bonchev–Trinajstić information content (AvgIpc) is 2.28. The molecule has 1 aromatic rings. The van der Waals surface area contributed by atoms with E-state index in [0.717, 1.165) is 0 Å². The lowest BCUT2D eigenvalue weighted by molar-refractivity contribution is 0.566. The summed E-state index contributed by atoms with van der Waals surface area (Å²) in [5.41, 5.74) is 4.50. The molecule has 3 heteroatoms. The van der Waals surface area contributed by atoms with Crippen molar-refractivity contribution >= 4 is 21.8 Å². The molecule has 0 N–H and O–H groups in total. The number of benzene rings is 1. The fourth-order valence-electron chi connectivity index (χ4n) is 2.95. The first-order valence-electron chi connectivity index (χ1n) is 7.60. The quantitative estimate of drug-likeness (QED) is 0.753. The number of hydrogen-bond acceptors (Lipinski definition) is 1. The Labute approximate surface area is 126 Å². The number of hydrogen-bond donors (Lipinski definition) is 0. The van der Waals surface area contributed by atoms with E-state index in [4.69, 9.17) is 4.12 Å². The highest BCUT2D eigenvalue weighted by Crippen LogP contribution is 2.26. The van der Waals surface area contributed by atoms with E-state index < -0.39 is 16.6 Å². The molecule has 0 heterocycles. The van der Waals surface area contributed by atoms with Crippen LogP contribution in [0.25, 0.3) is 0 Å². The minimum atomic E-state index is -1.82. The molecule has 0 bridgehead atoms. The first kappa shape index (κ1) is 15.7. The molecule has 0 amide bonds. The molecule has 0 radical (unpaired) electrons. The SMILES string of the molecule is CC(C)=C(C)[Si](C)(C)O[Si](C)(C)c1ccc2c(c1)CC2. The molecule has 0 aliphatic heterocycles. The van der Waals surface area contributed by atoms with Gasteiger partial charge in [-0.25, -0.2) is 0 Å². The first-order valence-corrected chi connectivity index (χ1v) is 13.4. The van der Waals surface area contributed by atoms with Crippen LogP contribution in [0, 0.1) is 0 Å². The summed E-state index contributed by atoms with van der Waals surface area (Å²) in [5, 5.41) is 2.94. The van der Waals surface area contributed by atoms with Crippen LogP contribution in [-0.4, -0.2) is 16.6 Å². The Morgan fingerprint density at radius 3 is 2.00 bits per heavy atom. The van der Waals surface area contributed by atoms with Crippen molar-refractivity contribution in [2.75, 3.05) is 0 Å². The summed E-state index contributed by atoms with van der Waals surface area (Å²) in [5.74, 6) is 0. The largest absolute Gasteiger partial charge is 0.449 e. The summed E-state index contributed by atoms with van der Waals surface area (Å²) < 4.78 is 6.77. The van der Waals surface area contributed by atoms with Gasteiger partial charge in [-0.1, -0.05) is 29.0 Å². The molecular formula is C17H28OSi2. The number of rotatable bonds is 4. The van der Waals surface area contributed by atoms with Gasteiger partial charge in [0.1, 0.15) is 0 Å². The molecule has 0 spiro atoms. The van der Waals surface area contributed by atoms with Gasteiger partial charge in [0.05, 0.1) is 0 Å². The van der Waals surface area contributed by atoms with Gasteiger partial charge in [0, 0.05) is 0 Å². The van der Waals surface area contributed by atoms with Crippen molar-refractivity contribution in [1.82, 2.24) is 0 Å². The summed E-state index contributed by atoms with van der Waals surface area (Å²) in [6.45, 7) is 16.0. The fraction of sp³-hybridized carbons (Fsp3) is 0.529. The Hall–Kier alpha value is -0.646. The fourth-order valence-corrected chi connectivity index (χ4v) is 11.3. The van der Waals surface area contributed by atoms with Gasteiger partial charge in [-0.15, -0.1) is 0 Å². The van der Waals surface area contributed by atoms with Crippen LogP contribution in [0.1, 0.15) is 31.9 Å². The molecule has 20 heavy (non-hydrogen) atoms. The molecule has 0 aromatic heterocycles. The van der Waals surface area contributed by atoms with Crippen molar-refractivity contribution in [2.24, 2.45) is 0 Å². The van der Waals surface area contributed by atoms with Crippen LogP contribution in [-0.2, 0) is 17.0 Å². The van der Waals surface area contributed by atoms with Crippen LogP contribution in [0.2, 0.25) is 26.2 Å². The molecule has 1 aliphatic carbocycles. The number of aryl methyl sites for hydroxylation is 2. The lowest BCUT2D eigenvalue weighted by Gasteiger charge is -2.36. The summed E-state index contributed by atoms with van der Waals surface area (Å²) in [7, 11) is -3.58. The molecule has 0 saturated heterocycles. The maximum atomic E-state index is 6.77. The lowest BCUT2D eigenvalue weighted by Crippen LogP contribution is -2.53. The van der Waals surface area contributed by atoms with Gasteiger partial charge >= 0.3 is 0 Å². The van der Waals surface area contributed by atoms with E-state index in [1.165, 1.54) is 34.4 Å². The first-order chi connectivity index (χ1) is 9.13. The number of allylic oxidation sites excluding steroid dienone is 2. The molecule has 1 nitrogen and oxygen atoms in total. The van der Waals surface area contributed by atoms with E-state index in [1.807, 2.05) is 0 Å². The standard InChI is InChI=1S/C17H28OSi2/c1-13(2)14(3)19(4,5)18-20(6,7)17-11-10-15-8-9-16(15)12-17/h10-12H,8-9H2,1-7H3. The van der Waals surface area contributed by atoms with Crippen molar-refractivity contribution < 1.29 is 4.12 Å². The van der Waals surface area contributed by atoms with Gasteiger partial charge in [-0.3, -0.25) is 0 Å². The second kappa shape index (κ2) is 5.28. The molecule has 1 aromatic carbocycles. The van der Waals surface area contributed by atoms with E-state index in [1.54, 1.807) is 5.56 Å². The Kier molecular flexibility index (Phi) is 4.15. The third-order valence-corrected chi connectivity index (χ3v) is 12.8. The average molecular weight is 305 g/mol. The molecule has 0 atom stereocenters. The zero-order valence-electron chi connectivity index (χ0n) is 14.1. The van der Waals surface area contributed by atoms with Gasteiger partial charge < -0.3 is 4.12 Å². The number of fused-ring (bicyclic) bond motifs is 1. The zero-order valence-corrected chi connectivity index (χ0v) is 16.1. The Balaban J connectivity index is 2.26. The molecule has 0 fully saturated rings. The topological polar surface area (TPSA) is 9.23 Å². The van der Waals surface area contributed by atoms with Crippen molar-refractivity contribution in [1.29, 1.82) is 0 Å². The van der Waals surface area contributed by atoms with Gasteiger partial charge in [-0.2, -0.15) is 0 Å². The second-order valence-corrected chi connectivity index (χ2v) is 15.4. The summed E-state index contributed by atoms with van der Waals surface area (Å²) in [6, 6.07) is 7.04. The minimum absolute atomic E-state index is 1.25. The summed E-state index contributed by atoms with van der Waals surface area (Å²) >= 11 is 0. The summed E-state index contributed by atoms with van der Waals surface area (Å²) in [6.07, 6.45) is 2.51. The van der Waals surface area contributed by atoms with Crippen molar-refractivity contribution in [3.63, 3.8) is 0 Å². The second-order valence-electron chi connectivity index (χ2n) is 7.23. The van der Waals surface area contributed by atoms with Gasteiger partial charge in [-0.05, 0) is 76.1 Å². The zero-order chi connectivity index (χ0) is 15.1. The monoisotopic (exact) mass is 304 g/mol. The molecule has 1 aliphatic rings. The highest BCUT2D eigenvalue weighted by atomic mass is 28.4. The predicted octanol–water partition coefficient (Wildman–Crippen LogP) is 4.31. The Bertz CT molecular complexity index is 552. The van der Waals surface area contributed by atoms with Gasteiger partial charge in [0.2, 0.25) is 16.6 Å². The van der Waals surface area contributed by atoms with Crippen molar-refractivity contribution in [3.8, 4) is 0 Å². The maximum absolute atomic E-state index is 6.77. The highest BCUT2D eigenvalue weighted by Gasteiger charge is 2.36. The van der Waals surface area contributed by atoms with Crippen molar-refractivity contribution in [3.05, 3.63) is 40.1 Å². The van der Waals surface area contributed by atoms with E-state index in [0.29, 0.717) is 0 Å². The summed E-state index contributed by atoms with van der Waals surface area (Å²) in [4.78, 5) is 0. The Morgan fingerprint density at radius 1 is 0.950 bits per heavy atom. The third-order valence-electron chi connectivity index (χ3n) is 4.73. The van der Waals surface area contributed by atoms with E-state index in [-0.39, 0.29) is 0 Å². The molecule has 110 valence electrons. The smallest absolute Gasteiger partial charge is 0.206 e. The molecule has 2 rings (SSSR count). The maximum Gasteiger partial charge on any atom is 0.206 e. The third kappa shape index (κ3) is 3.00. The van der Waals surface area contributed by atoms with E-state index in [2.05, 4.69) is 65.2 Å². The molecular weight excluding hydrogens is 276 g/mol. The predicted molar refractivity (Wildman–Crippen MR) is 93.6 cm³/mol. The molecule has 0 unspecified atom stereocenters. The van der Waals surface area contributed by atoms with Crippen LogP contribution in [0.5, 0.6) is 0 Å². The van der Waals surface area contributed by atoms with Crippen LogP contribution in [0.4, 0.5) is 0 Å². The van der Waals surface area contributed by atoms with Gasteiger partial charge in [0.15, 0.2) is 0 Å². The van der Waals surface area contributed by atoms with E-state index >= 15 is 0 Å². The lowest BCUT2D eigenvalue weighted by atomic mass is 9.89. The van der Waals surface area contributed by atoms with Crippen LogP contribution < -0.4 is 5.19 Å². The highest BCUT2D eigenvalue weighted by molar-refractivity contribution is 6.94. The minimum Gasteiger partial charge on any atom is -0.449 e. The normalized spacial score (nSPS) is 14.6. The Morgan fingerprint density at radius 2 is 1.55 bits per heavy atom. The van der Waals surface area contributed by atoms with Gasteiger partial charge in [0.25, 0.3) is 0 Å². The van der Waals surface area contributed by atoms with Crippen LogP contribution >= 0.6 is 0 Å². The van der Waals surface area contributed by atoms with Crippen LogP contribution in [0.15, 0.2) is 29.0 Å². The van der Waals surface area contributed by atoms with Crippen molar-refractivity contribution in [2.45, 2.75) is 59.8 Å². The van der Waals surface area contributed by atoms with Crippen LogP contribution in [0.3, 0.4) is 0 Å².